The molecule has 94 valence electrons. The first-order valence-corrected chi connectivity index (χ1v) is 6.90. The SMILES string of the molecule is Cc1ccc(CNC2(C)CCCCC2)cc1C. The molecule has 1 aliphatic rings. The summed E-state index contributed by atoms with van der Waals surface area (Å²) >= 11 is 0. The largest absolute Gasteiger partial charge is 0.307 e. The molecule has 0 atom stereocenters. The summed E-state index contributed by atoms with van der Waals surface area (Å²) in [5.41, 5.74) is 4.58. The van der Waals surface area contributed by atoms with Crippen molar-refractivity contribution in [3.8, 4) is 0 Å². The van der Waals surface area contributed by atoms with Crippen molar-refractivity contribution in [2.24, 2.45) is 0 Å². The van der Waals surface area contributed by atoms with Gasteiger partial charge in [0, 0.05) is 12.1 Å². The molecule has 2 rings (SSSR count). The molecule has 0 spiro atoms. The normalized spacial score (nSPS) is 19.2. The van der Waals surface area contributed by atoms with Crippen LogP contribution >= 0.6 is 0 Å². The number of benzene rings is 1. The third-order valence-corrected chi connectivity index (χ3v) is 4.25. The molecule has 1 nitrogen and oxygen atoms in total. The molecular weight excluding hydrogens is 206 g/mol. The lowest BCUT2D eigenvalue weighted by atomic mass is 9.83. The highest BCUT2D eigenvalue weighted by Gasteiger charge is 2.25. The maximum Gasteiger partial charge on any atom is 0.0210 e. The van der Waals surface area contributed by atoms with E-state index in [1.807, 2.05) is 0 Å². The van der Waals surface area contributed by atoms with Crippen molar-refractivity contribution in [3.63, 3.8) is 0 Å². The smallest absolute Gasteiger partial charge is 0.0210 e. The Labute approximate surface area is 106 Å². The van der Waals surface area contributed by atoms with Crippen LogP contribution in [0.5, 0.6) is 0 Å². The van der Waals surface area contributed by atoms with E-state index in [1.165, 1.54) is 48.8 Å². The van der Waals surface area contributed by atoms with Gasteiger partial charge in [-0.05, 0) is 50.3 Å². The minimum absolute atomic E-state index is 0.372. The van der Waals surface area contributed by atoms with Crippen LogP contribution in [0.15, 0.2) is 18.2 Å². The zero-order valence-electron chi connectivity index (χ0n) is 11.5. The highest BCUT2D eigenvalue weighted by molar-refractivity contribution is 5.29. The zero-order valence-corrected chi connectivity index (χ0v) is 11.5. The predicted octanol–water partition coefficient (Wildman–Crippen LogP) is 4.12. The van der Waals surface area contributed by atoms with Crippen molar-refractivity contribution >= 4 is 0 Å². The van der Waals surface area contributed by atoms with Crippen molar-refractivity contribution in [2.45, 2.75) is 65.0 Å². The predicted molar refractivity (Wildman–Crippen MR) is 74.2 cm³/mol. The summed E-state index contributed by atoms with van der Waals surface area (Å²) in [5.74, 6) is 0. The summed E-state index contributed by atoms with van der Waals surface area (Å²) in [6.07, 6.45) is 6.85. The Morgan fingerprint density at radius 1 is 1.06 bits per heavy atom. The van der Waals surface area contributed by atoms with Crippen molar-refractivity contribution < 1.29 is 0 Å². The Hall–Kier alpha value is -0.820. The number of nitrogens with one attached hydrogen (secondary N) is 1. The van der Waals surface area contributed by atoms with Gasteiger partial charge in [0.2, 0.25) is 0 Å². The first kappa shape index (κ1) is 12.6. The van der Waals surface area contributed by atoms with Gasteiger partial charge in [-0.2, -0.15) is 0 Å². The van der Waals surface area contributed by atoms with Gasteiger partial charge in [-0.3, -0.25) is 0 Å². The highest BCUT2D eigenvalue weighted by Crippen LogP contribution is 2.27. The van der Waals surface area contributed by atoms with Gasteiger partial charge in [-0.1, -0.05) is 37.5 Å². The molecule has 1 N–H and O–H groups in total. The molecule has 17 heavy (non-hydrogen) atoms. The monoisotopic (exact) mass is 231 g/mol. The van der Waals surface area contributed by atoms with Gasteiger partial charge in [0.15, 0.2) is 0 Å². The minimum Gasteiger partial charge on any atom is -0.307 e. The molecule has 1 heteroatoms. The number of hydrogen-bond acceptors (Lipinski definition) is 1. The van der Waals surface area contributed by atoms with Gasteiger partial charge in [0.25, 0.3) is 0 Å². The van der Waals surface area contributed by atoms with Crippen LogP contribution < -0.4 is 5.32 Å². The summed E-state index contributed by atoms with van der Waals surface area (Å²) < 4.78 is 0. The number of hydrogen-bond donors (Lipinski definition) is 1. The molecule has 0 amide bonds. The van der Waals surface area contributed by atoms with E-state index in [0.29, 0.717) is 5.54 Å². The Bertz CT molecular complexity index is 375. The second-order valence-corrected chi connectivity index (χ2v) is 5.89. The summed E-state index contributed by atoms with van der Waals surface area (Å²) in [5, 5.41) is 3.76. The maximum absolute atomic E-state index is 3.76. The number of aryl methyl sites for hydroxylation is 2. The van der Waals surface area contributed by atoms with Gasteiger partial charge >= 0.3 is 0 Å². The van der Waals surface area contributed by atoms with Gasteiger partial charge in [0.05, 0.1) is 0 Å². The third kappa shape index (κ3) is 3.32. The fraction of sp³-hybridized carbons (Fsp3) is 0.625. The van der Waals surface area contributed by atoms with Crippen LogP contribution in [0, 0.1) is 13.8 Å². The molecule has 0 aliphatic heterocycles. The summed E-state index contributed by atoms with van der Waals surface area (Å²) in [7, 11) is 0. The number of rotatable bonds is 3. The van der Waals surface area contributed by atoms with Crippen LogP contribution in [-0.4, -0.2) is 5.54 Å². The molecule has 0 saturated heterocycles. The lowest BCUT2D eigenvalue weighted by Crippen LogP contribution is -2.43. The van der Waals surface area contributed by atoms with E-state index >= 15 is 0 Å². The third-order valence-electron chi connectivity index (χ3n) is 4.25. The molecule has 0 unspecified atom stereocenters. The topological polar surface area (TPSA) is 12.0 Å². The fourth-order valence-corrected chi connectivity index (χ4v) is 2.74. The Balaban J connectivity index is 1.94. The quantitative estimate of drug-likeness (QED) is 0.825. The van der Waals surface area contributed by atoms with E-state index in [0.717, 1.165) is 6.54 Å². The molecule has 0 heterocycles. The average Bonchev–Trinajstić information content (AvgIpc) is 2.32. The van der Waals surface area contributed by atoms with Crippen LogP contribution in [0.4, 0.5) is 0 Å². The van der Waals surface area contributed by atoms with Gasteiger partial charge in [0.1, 0.15) is 0 Å². The Morgan fingerprint density at radius 2 is 1.76 bits per heavy atom. The van der Waals surface area contributed by atoms with Crippen molar-refractivity contribution in [2.75, 3.05) is 0 Å². The Kier molecular flexibility index (Phi) is 3.88. The van der Waals surface area contributed by atoms with Gasteiger partial charge in [-0.25, -0.2) is 0 Å². The maximum atomic E-state index is 3.76. The lowest BCUT2D eigenvalue weighted by molar-refractivity contribution is 0.252. The second-order valence-electron chi connectivity index (χ2n) is 5.89. The first-order chi connectivity index (χ1) is 8.09. The minimum atomic E-state index is 0.372. The van der Waals surface area contributed by atoms with Crippen LogP contribution in [-0.2, 0) is 6.54 Å². The first-order valence-electron chi connectivity index (χ1n) is 6.90. The van der Waals surface area contributed by atoms with Crippen LogP contribution in [0.1, 0.15) is 55.7 Å². The summed E-state index contributed by atoms with van der Waals surface area (Å²) in [4.78, 5) is 0. The average molecular weight is 231 g/mol. The van der Waals surface area contributed by atoms with E-state index in [1.54, 1.807) is 0 Å². The molecule has 1 aliphatic carbocycles. The van der Waals surface area contributed by atoms with Crippen LogP contribution in [0.3, 0.4) is 0 Å². The van der Waals surface area contributed by atoms with Crippen molar-refractivity contribution in [1.82, 2.24) is 5.32 Å². The molecule has 1 aromatic rings. The van der Waals surface area contributed by atoms with Crippen LogP contribution in [0.2, 0.25) is 0 Å². The summed E-state index contributed by atoms with van der Waals surface area (Å²) in [6, 6.07) is 6.80. The summed E-state index contributed by atoms with van der Waals surface area (Å²) in [6.45, 7) is 7.76. The van der Waals surface area contributed by atoms with E-state index in [-0.39, 0.29) is 0 Å². The van der Waals surface area contributed by atoms with E-state index in [4.69, 9.17) is 0 Å². The fourth-order valence-electron chi connectivity index (χ4n) is 2.74. The Morgan fingerprint density at radius 3 is 2.41 bits per heavy atom. The molecular formula is C16H25N. The molecule has 1 saturated carbocycles. The molecule has 0 radical (unpaired) electrons. The van der Waals surface area contributed by atoms with E-state index < -0.39 is 0 Å². The highest BCUT2D eigenvalue weighted by atomic mass is 15.0. The lowest BCUT2D eigenvalue weighted by Gasteiger charge is -2.35. The van der Waals surface area contributed by atoms with Crippen molar-refractivity contribution in [3.05, 3.63) is 34.9 Å². The molecule has 1 fully saturated rings. The standard InChI is InChI=1S/C16H25N/c1-13-7-8-15(11-14(13)2)12-17-16(3)9-5-4-6-10-16/h7-8,11,17H,4-6,9-10,12H2,1-3H3. The van der Waals surface area contributed by atoms with Crippen molar-refractivity contribution in [1.29, 1.82) is 0 Å². The molecule has 1 aromatic carbocycles. The molecule has 0 bridgehead atoms. The second kappa shape index (κ2) is 5.22. The van der Waals surface area contributed by atoms with E-state index in [9.17, 15) is 0 Å². The van der Waals surface area contributed by atoms with Gasteiger partial charge < -0.3 is 5.32 Å². The van der Waals surface area contributed by atoms with Gasteiger partial charge in [-0.15, -0.1) is 0 Å². The zero-order chi connectivity index (χ0) is 12.3. The van der Waals surface area contributed by atoms with Crippen LogP contribution in [0.25, 0.3) is 0 Å². The molecule has 0 aromatic heterocycles. The van der Waals surface area contributed by atoms with E-state index in [2.05, 4.69) is 44.3 Å².